The molecule has 1 aromatic carbocycles. The number of hydrogen-bond donors (Lipinski definition) is 1. The molecule has 1 aliphatic rings. The summed E-state index contributed by atoms with van der Waals surface area (Å²) in [4.78, 5) is 40.7. The number of thioether (sulfide) groups is 1. The van der Waals surface area contributed by atoms with E-state index in [-0.39, 0.29) is 29.3 Å². The summed E-state index contributed by atoms with van der Waals surface area (Å²) in [6.45, 7) is 3.70. The average molecular weight is 481 g/mol. The molecule has 2 amide bonds. The number of rotatable bonds is 8. The van der Waals surface area contributed by atoms with Crippen LogP contribution in [0.25, 0.3) is 0 Å². The molecule has 1 atom stereocenters. The lowest BCUT2D eigenvalue weighted by Gasteiger charge is -2.38. The van der Waals surface area contributed by atoms with Crippen molar-refractivity contribution < 1.29 is 23.6 Å². The smallest absolute Gasteiger partial charge is 0.327 e. The number of carbonyl (C=O) groups excluding carboxylic acids is 3. The number of amides is 2. The standard InChI is InChI=1S/C21H25ClN4O5S/c1-14-11-17(24-31-14)23-18(27)12-32-13-19(28)25-7-9-26(10-8-25)20(21(29)30-2)15-5-3-4-6-16(15)22/h3-6,11,20H,7-10,12-13H2,1-2H3,(H,23,24,27). The summed E-state index contributed by atoms with van der Waals surface area (Å²) >= 11 is 7.55. The third-order valence-electron chi connectivity index (χ3n) is 5.01. The number of nitrogens with one attached hydrogen (secondary N) is 1. The molecule has 0 saturated carbocycles. The number of halogens is 1. The monoisotopic (exact) mass is 480 g/mol. The number of piperazine rings is 1. The molecule has 0 aliphatic carbocycles. The molecule has 1 saturated heterocycles. The highest BCUT2D eigenvalue weighted by Crippen LogP contribution is 2.29. The van der Waals surface area contributed by atoms with Crippen molar-refractivity contribution in [2.24, 2.45) is 0 Å². The van der Waals surface area contributed by atoms with E-state index in [0.717, 1.165) is 0 Å². The molecule has 1 unspecified atom stereocenters. The highest BCUT2D eigenvalue weighted by Gasteiger charge is 2.33. The zero-order valence-electron chi connectivity index (χ0n) is 17.9. The van der Waals surface area contributed by atoms with Gasteiger partial charge in [-0.3, -0.25) is 14.5 Å². The Labute approximate surface area is 195 Å². The quantitative estimate of drug-likeness (QED) is 0.574. The van der Waals surface area contributed by atoms with E-state index < -0.39 is 6.04 Å². The fourth-order valence-corrected chi connectivity index (χ4v) is 4.39. The van der Waals surface area contributed by atoms with Gasteiger partial charge in [0.2, 0.25) is 11.8 Å². The van der Waals surface area contributed by atoms with Crippen LogP contribution in [0.4, 0.5) is 5.82 Å². The molecule has 0 radical (unpaired) electrons. The number of carbonyl (C=O) groups is 3. The van der Waals surface area contributed by atoms with Crippen molar-refractivity contribution >= 4 is 47.0 Å². The van der Waals surface area contributed by atoms with E-state index in [1.165, 1.54) is 18.9 Å². The highest BCUT2D eigenvalue weighted by molar-refractivity contribution is 8.00. The summed E-state index contributed by atoms with van der Waals surface area (Å²) in [5, 5.41) is 6.82. The summed E-state index contributed by atoms with van der Waals surface area (Å²) in [6.07, 6.45) is 0. The van der Waals surface area contributed by atoms with Crippen LogP contribution < -0.4 is 5.32 Å². The first-order chi connectivity index (χ1) is 15.4. The molecule has 1 N–H and O–H groups in total. The molecule has 0 bridgehead atoms. The number of ether oxygens (including phenoxy) is 1. The second-order valence-corrected chi connectivity index (χ2v) is 8.62. The molecule has 1 aromatic heterocycles. The third-order valence-corrected chi connectivity index (χ3v) is 6.27. The van der Waals surface area contributed by atoms with Gasteiger partial charge in [-0.1, -0.05) is 35.0 Å². The predicted molar refractivity (Wildman–Crippen MR) is 122 cm³/mol. The van der Waals surface area contributed by atoms with Gasteiger partial charge >= 0.3 is 5.97 Å². The summed E-state index contributed by atoms with van der Waals surface area (Å²) in [5.41, 5.74) is 0.685. The minimum absolute atomic E-state index is 0.0490. The van der Waals surface area contributed by atoms with Crippen LogP contribution in [0.15, 0.2) is 34.9 Å². The first-order valence-corrected chi connectivity index (χ1v) is 11.6. The highest BCUT2D eigenvalue weighted by atomic mass is 35.5. The number of aryl methyl sites for hydroxylation is 1. The van der Waals surface area contributed by atoms with Crippen LogP contribution in [0.2, 0.25) is 5.02 Å². The van der Waals surface area contributed by atoms with Crippen molar-refractivity contribution in [1.82, 2.24) is 15.0 Å². The third kappa shape index (κ3) is 6.24. The summed E-state index contributed by atoms with van der Waals surface area (Å²) < 4.78 is 9.89. The zero-order chi connectivity index (χ0) is 23.1. The van der Waals surface area contributed by atoms with Gasteiger partial charge in [0, 0.05) is 37.3 Å². The lowest BCUT2D eigenvalue weighted by molar-refractivity contribution is -0.148. The Balaban J connectivity index is 1.47. The molecular formula is C21H25ClN4O5S. The normalized spacial score (nSPS) is 15.3. The van der Waals surface area contributed by atoms with Crippen molar-refractivity contribution in [2.75, 3.05) is 50.1 Å². The van der Waals surface area contributed by atoms with Gasteiger partial charge in [-0.15, -0.1) is 11.8 Å². The van der Waals surface area contributed by atoms with Gasteiger partial charge in [-0.05, 0) is 18.6 Å². The second-order valence-electron chi connectivity index (χ2n) is 7.23. The number of esters is 1. The number of aromatic nitrogens is 1. The number of methoxy groups -OCH3 is 1. The van der Waals surface area contributed by atoms with Gasteiger partial charge in [-0.2, -0.15) is 0 Å². The molecule has 1 aliphatic heterocycles. The van der Waals surface area contributed by atoms with Crippen molar-refractivity contribution in [3.8, 4) is 0 Å². The van der Waals surface area contributed by atoms with E-state index in [4.69, 9.17) is 20.9 Å². The molecule has 32 heavy (non-hydrogen) atoms. The van der Waals surface area contributed by atoms with E-state index >= 15 is 0 Å². The van der Waals surface area contributed by atoms with Crippen LogP contribution in [0.5, 0.6) is 0 Å². The fraction of sp³-hybridized carbons (Fsp3) is 0.429. The minimum Gasteiger partial charge on any atom is -0.468 e. The van der Waals surface area contributed by atoms with E-state index in [1.807, 2.05) is 17.0 Å². The fourth-order valence-electron chi connectivity index (χ4n) is 3.44. The van der Waals surface area contributed by atoms with Crippen LogP contribution >= 0.6 is 23.4 Å². The Kier molecular flexibility index (Phi) is 8.54. The topological polar surface area (TPSA) is 105 Å². The van der Waals surface area contributed by atoms with E-state index in [1.54, 1.807) is 30.0 Å². The molecule has 9 nitrogen and oxygen atoms in total. The maximum Gasteiger partial charge on any atom is 0.327 e. The van der Waals surface area contributed by atoms with Gasteiger partial charge in [-0.25, -0.2) is 4.79 Å². The van der Waals surface area contributed by atoms with Gasteiger partial charge in [0.05, 0.1) is 18.6 Å². The van der Waals surface area contributed by atoms with E-state index in [0.29, 0.717) is 48.3 Å². The Hall–Kier alpha value is -2.56. The number of nitrogens with zero attached hydrogens (tertiary/aromatic N) is 3. The molecule has 2 heterocycles. The summed E-state index contributed by atoms with van der Waals surface area (Å²) in [7, 11) is 1.35. The van der Waals surface area contributed by atoms with Crippen LogP contribution in [-0.2, 0) is 19.1 Å². The largest absolute Gasteiger partial charge is 0.468 e. The maximum atomic E-state index is 12.5. The molecule has 3 rings (SSSR count). The predicted octanol–water partition coefficient (Wildman–Crippen LogP) is 2.37. The lowest BCUT2D eigenvalue weighted by atomic mass is 10.0. The number of anilines is 1. The minimum atomic E-state index is -0.621. The van der Waals surface area contributed by atoms with Crippen LogP contribution in [-0.4, -0.2) is 77.5 Å². The van der Waals surface area contributed by atoms with Crippen LogP contribution in [0.3, 0.4) is 0 Å². The first kappa shape index (κ1) is 24.1. The van der Waals surface area contributed by atoms with E-state index in [9.17, 15) is 14.4 Å². The van der Waals surface area contributed by atoms with Gasteiger partial charge in [0.25, 0.3) is 0 Å². The van der Waals surface area contributed by atoms with E-state index in [2.05, 4.69) is 10.5 Å². The van der Waals surface area contributed by atoms with Crippen molar-refractivity contribution in [3.05, 3.63) is 46.7 Å². The summed E-state index contributed by atoms with van der Waals surface area (Å²) in [5.74, 6) is 0.598. The van der Waals surface area contributed by atoms with Crippen LogP contribution in [0, 0.1) is 6.92 Å². The Morgan fingerprint density at radius 3 is 2.56 bits per heavy atom. The van der Waals surface area contributed by atoms with Gasteiger partial charge in [0.1, 0.15) is 11.8 Å². The SMILES string of the molecule is COC(=O)C(c1ccccc1Cl)N1CCN(C(=O)CSCC(=O)Nc2cc(C)on2)CC1. The maximum absolute atomic E-state index is 12.5. The molecular weight excluding hydrogens is 456 g/mol. The Morgan fingerprint density at radius 1 is 1.22 bits per heavy atom. The second kappa shape index (κ2) is 11.3. The Morgan fingerprint density at radius 2 is 1.94 bits per heavy atom. The number of hydrogen-bond acceptors (Lipinski definition) is 8. The Bertz CT molecular complexity index is 961. The van der Waals surface area contributed by atoms with Crippen molar-refractivity contribution in [3.63, 3.8) is 0 Å². The molecule has 172 valence electrons. The lowest BCUT2D eigenvalue weighted by Crippen LogP contribution is -2.51. The summed E-state index contributed by atoms with van der Waals surface area (Å²) in [6, 6.07) is 8.18. The van der Waals surface area contributed by atoms with Crippen molar-refractivity contribution in [1.29, 1.82) is 0 Å². The van der Waals surface area contributed by atoms with Gasteiger partial charge < -0.3 is 19.5 Å². The average Bonchev–Trinajstić information content (AvgIpc) is 3.19. The number of benzene rings is 1. The molecule has 1 fully saturated rings. The first-order valence-electron chi connectivity index (χ1n) is 10.0. The van der Waals surface area contributed by atoms with Crippen molar-refractivity contribution in [2.45, 2.75) is 13.0 Å². The van der Waals surface area contributed by atoms with Gasteiger partial charge in [0.15, 0.2) is 5.82 Å². The zero-order valence-corrected chi connectivity index (χ0v) is 19.4. The molecule has 11 heteroatoms. The molecule has 0 spiro atoms. The molecule has 2 aromatic rings. The van der Waals surface area contributed by atoms with Crippen LogP contribution in [0.1, 0.15) is 17.4 Å².